The molecule has 0 saturated carbocycles. The first kappa shape index (κ1) is 20.1. The molecule has 0 amide bonds. The Bertz CT molecular complexity index is 1220. The first-order valence-electron chi connectivity index (χ1n) is 10.5. The molecular formula is C26H29N4+. The van der Waals surface area contributed by atoms with Crippen LogP contribution in [-0.4, -0.2) is 15.0 Å². The first-order chi connectivity index (χ1) is 14.3. The molecule has 0 saturated heterocycles. The largest absolute Gasteiger partial charge is 0.287 e. The van der Waals surface area contributed by atoms with E-state index in [9.17, 15) is 0 Å². The lowest BCUT2D eigenvalue weighted by Gasteiger charge is -2.12. The maximum atomic E-state index is 4.70. The zero-order valence-electron chi connectivity index (χ0n) is 18.7. The first-order valence-corrected chi connectivity index (χ1v) is 10.5. The second kappa shape index (κ2) is 7.94. The van der Waals surface area contributed by atoms with E-state index >= 15 is 0 Å². The Morgan fingerprint density at radius 1 is 0.933 bits per heavy atom. The van der Waals surface area contributed by atoms with Gasteiger partial charge in [0.15, 0.2) is 5.52 Å². The van der Waals surface area contributed by atoms with Gasteiger partial charge in [-0.2, -0.15) is 0 Å². The second-order valence-electron chi connectivity index (χ2n) is 8.68. The van der Waals surface area contributed by atoms with E-state index in [-0.39, 0.29) is 0 Å². The van der Waals surface area contributed by atoms with Gasteiger partial charge in [0.1, 0.15) is 5.69 Å². The van der Waals surface area contributed by atoms with Crippen molar-refractivity contribution < 1.29 is 4.57 Å². The molecule has 2 aromatic heterocycles. The van der Waals surface area contributed by atoms with Gasteiger partial charge < -0.3 is 0 Å². The van der Waals surface area contributed by atoms with Gasteiger partial charge in [0.05, 0.1) is 30.0 Å². The van der Waals surface area contributed by atoms with Gasteiger partial charge in [-0.05, 0) is 67.4 Å². The highest BCUT2D eigenvalue weighted by Gasteiger charge is 2.18. The van der Waals surface area contributed by atoms with Crippen molar-refractivity contribution in [2.24, 2.45) is 13.0 Å². The zero-order chi connectivity index (χ0) is 21.4. The van der Waals surface area contributed by atoms with Gasteiger partial charge in [-0.3, -0.25) is 9.97 Å². The van der Waals surface area contributed by atoms with Crippen LogP contribution in [0.5, 0.6) is 0 Å². The van der Waals surface area contributed by atoms with Gasteiger partial charge in [0, 0.05) is 17.3 Å². The van der Waals surface area contributed by atoms with Gasteiger partial charge in [-0.25, -0.2) is 4.57 Å². The van der Waals surface area contributed by atoms with Crippen molar-refractivity contribution >= 4 is 10.9 Å². The molecule has 0 aliphatic carbocycles. The van der Waals surface area contributed by atoms with Gasteiger partial charge in [0.2, 0.25) is 0 Å². The molecule has 0 fully saturated rings. The van der Waals surface area contributed by atoms with E-state index in [0.29, 0.717) is 5.92 Å². The van der Waals surface area contributed by atoms with Crippen molar-refractivity contribution in [3.05, 3.63) is 71.4 Å². The Balaban J connectivity index is 1.82. The van der Waals surface area contributed by atoms with Crippen LogP contribution in [-0.2, 0) is 13.5 Å². The molecule has 0 bridgehead atoms. The molecule has 4 heteroatoms. The monoisotopic (exact) mass is 397 g/mol. The Labute approximate surface area is 178 Å². The summed E-state index contributed by atoms with van der Waals surface area (Å²) in [6.45, 7) is 10.9. The zero-order valence-corrected chi connectivity index (χ0v) is 18.7. The van der Waals surface area contributed by atoms with Crippen LogP contribution in [0.1, 0.15) is 36.2 Å². The van der Waals surface area contributed by atoms with Crippen LogP contribution in [0.3, 0.4) is 0 Å². The topological polar surface area (TPSA) is 42.6 Å². The Morgan fingerprint density at radius 2 is 1.73 bits per heavy atom. The van der Waals surface area contributed by atoms with E-state index in [1.165, 1.54) is 27.9 Å². The lowest BCUT2D eigenvalue weighted by atomic mass is 9.95. The lowest BCUT2D eigenvalue weighted by Crippen LogP contribution is -2.32. The predicted octanol–water partition coefficient (Wildman–Crippen LogP) is 5.31. The number of aryl methyl sites for hydroxylation is 3. The van der Waals surface area contributed by atoms with E-state index in [2.05, 4.69) is 86.5 Å². The summed E-state index contributed by atoms with van der Waals surface area (Å²) in [4.78, 5) is 13.9. The quantitative estimate of drug-likeness (QED) is 0.439. The molecule has 2 heterocycles. The molecule has 152 valence electrons. The molecule has 0 unspecified atom stereocenters. The average molecular weight is 398 g/mol. The number of nitrogens with zero attached hydrogens (tertiary/aromatic N) is 4. The van der Waals surface area contributed by atoms with Crippen molar-refractivity contribution in [2.45, 2.75) is 41.0 Å². The summed E-state index contributed by atoms with van der Waals surface area (Å²) in [6, 6.07) is 10.9. The molecule has 30 heavy (non-hydrogen) atoms. The fourth-order valence-electron chi connectivity index (χ4n) is 4.04. The molecule has 0 spiro atoms. The van der Waals surface area contributed by atoms with E-state index < -0.39 is 0 Å². The third-order valence-corrected chi connectivity index (χ3v) is 5.66. The summed E-state index contributed by atoms with van der Waals surface area (Å²) in [5.41, 5.74) is 10.2. The molecule has 0 aliphatic rings. The predicted molar refractivity (Wildman–Crippen MR) is 122 cm³/mol. The smallest absolute Gasteiger partial charge is 0.257 e. The number of hydrogen-bond acceptors (Lipinski definition) is 3. The third-order valence-electron chi connectivity index (χ3n) is 5.66. The van der Waals surface area contributed by atoms with Crippen LogP contribution in [0.2, 0.25) is 0 Å². The Kier molecular flexibility index (Phi) is 5.33. The molecule has 4 aromatic rings. The summed E-state index contributed by atoms with van der Waals surface area (Å²) >= 11 is 0. The molecule has 4 nitrogen and oxygen atoms in total. The van der Waals surface area contributed by atoms with Crippen LogP contribution in [0, 0.1) is 26.7 Å². The molecule has 2 aromatic carbocycles. The van der Waals surface area contributed by atoms with Gasteiger partial charge in [-0.15, -0.1) is 0 Å². The summed E-state index contributed by atoms with van der Waals surface area (Å²) in [6.07, 6.45) is 6.61. The number of rotatable bonds is 4. The number of hydrogen-bond donors (Lipinski definition) is 0. The highest BCUT2D eigenvalue weighted by atomic mass is 15.0. The minimum atomic E-state index is 0.572. The summed E-state index contributed by atoms with van der Waals surface area (Å²) < 4.78 is 2.11. The summed E-state index contributed by atoms with van der Waals surface area (Å²) in [5.74, 6) is 0.572. The standard InChI is InChI=1S/C26H29N4/c1-16(2)9-21-13-28-25(14-27-21)20-7-8-22-24(12-20)29-15-30(6)26(22)23-11-17(3)10-18(4)19(23)5/h7-8,10-16H,9H2,1-6H3/q+1. The lowest BCUT2D eigenvalue weighted by molar-refractivity contribution is -0.662. The molecular weight excluding hydrogens is 368 g/mol. The van der Waals surface area contributed by atoms with Crippen molar-refractivity contribution in [3.8, 4) is 22.5 Å². The van der Waals surface area contributed by atoms with Crippen LogP contribution >= 0.6 is 0 Å². The molecule has 0 atom stereocenters. The number of benzene rings is 2. The Hall–Kier alpha value is -3.14. The summed E-state index contributed by atoms with van der Waals surface area (Å²) in [7, 11) is 2.06. The van der Waals surface area contributed by atoms with Crippen LogP contribution in [0.4, 0.5) is 0 Å². The van der Waals surface area contributed by atoms with E-state index in [1.807, 2.05) is 18.7 Å². The van der Waals surface area contributed by atoms with E-state index in [4.69, 9.17) is 4.98 Å². The number of aromatic nitrogens is 4. The maximum absolute atomic E-state index is 4.70. The average Bonchev–Trinajstić information content (AvgIpc) is 2.71. The number of fused-ring (bicyclic) bond motifs is 1. The third kappa shape index (κ3) is 3.82. The highest BCUT2D eigenvalue weighted by Crippen LogP contribution is 2.31. The fourth-order valence-corrected chi connectivity index (χ4v) is 4.04. The van der Waals surface area contributed by atoms with Gasteiger partial charge in [-0.1, -0.05) is 31.5 Å². The minimum Gasteiger partial charge on any atom is -0.257 e. The van der Waals surface area contributed by atoms with Crippen LogP contribution < -0.4 is 4.57 Å². The fraction of sp³-hybridized carbons (Fsp3) is 0.308. The van der Waals surface area contributed by atoms with Crippen molar-refractivity contribution in [2.75, 3.05) is 0 Å². The van der Waals surface area contributed by atoms with Gasteiger partial charge in [0.25, 0.3) is 6.33 Å². The molecule has 0 radical (unpaired) electrons. The minimum absolute atomic E-state index is 0.572. The maximum Gasteiger partial charge on any atom is 0.287 e. The van der Waals surface area contributed by atoms with Crippen LogP contribution in [0.25, 0.3) is 33.4 Å². The van der Waals surface area contributed by atoms with Crippen molar-refractivity contribution in [3.63, 3.8) is 0 Å². The Morgan fingerprint density at radius 3 is 2.43 bits per heavy atom. The highest BCUT2D eigenvalue weighted by molar-refractivity contribution is 5.93. The van der Waals surface area contributed by atoms with E-state index in [1.54, 1.807) is 0 Å². The molecule has 0 N–H and O–H groups in total. The summed E-state index contributed by atoms with van der Waals surface area (Å²) in [5, 5.41) is 1.14. The van der Waals surface area contributed by atoms with Gasteiger partial charge >= 0.3 is 0 Å². The van der Waals surface area contributed by atoms with Crippen molar-refractivity contribution in [1.29, 1.82) is 0 Å². The normalized spacial score (nSPS) is 11.4. The second-order valence-corrected chi connectivity index (χ2v) is 8.68. The molecule has 4 rings (SSSR count). The SMILES string of the molecule is Cc1cc(C)c(C)c(-c2c3ccc(-c4cnc(CC(C)C)cn4)cc3nc[n+]2C)c1. The molecule has 0 aliphatic heterocycles. The van der Waals surface area contributed by atoms with E-state index in [0.717, 1.165) is 34.3 Å². The van der Waals surface area contributed by atoms with Crippen molar-refractivity contribution in [1.82, 2.24) is 15.0 Å². The van der Waals surface area contributed by atoms with Crippen LogP contribution in [0.15, 0.2) is 49.1 Å².